The highest BCUT2D eigenvalue weighted by Gasteiger charge is 2.26. The van der Waals surface area contributed by atoms with Gasteiger partial charge in [0.05, 0.1) is 9.09 Å². The highest BCUT2D eigenvalue weighted by molar-refractivity contribution is 8.00. The first kappa shape index (κ1) is 13.0. The molecule has 0 spiro atoms. The van der Waals surface area contributed by atoms with Gasteiger partial charge in [-0.2, -0.15) is 0 Å². The average molecular weight is 286 g/mol. The van der Waals surface area contributed by atoms with Gasteiger partial charge >= 0.3 is 0 Å². The Bertz CT molecular complexity index is 505. The fourth-order valence-electron chi connectivity index (χ4n) is 2.03. The van der Waals surface area contributed by atoms with Crippen molar-refractivity contribution in [2.75, 3.05) is 12.8 Å². The van der Waals surface area contributed by atoms with Crippen molar-refractivity contribution in [2.24, 2.45) is 11.5 Å². The molecule has 92 valence electrons. The zero-order valence-corrected chi connectivity index (χ0v) is 12.0. The predicted molar refractivity (Wildman–Crippen MR) is 77.9 cm³/mol. The van der Waals surface area contributed by atoms with Crippen LogP contribution in [0.5, 0.6) is 0 Å². The third-order valence-corrected chi connectivity index (χ3v) is 5.78. The molecule has 0 fully saturated rings. The Morgan fingerprint density at radius 2 is 2.24 bits per heavy atom. The van der Waals surface area contributed by atoms with E-state index in [9.17, 15) is 4.79 Å². The number of hydrogen-bond donors (Lipinski definition) is 3. The topological polar surface area (TPSA) is 69.1 Å². The molecule has 1 heterocycles. The average Bonchev–Trinajstić information content (AvgIpc) is 2.69. The number of nitrogens with two attached hydrogens (primary N) is 2. The van der Waals surface area contributed by atoms with Gasteiger partial charge < -0.3 is 11.5 Å². The maximum absolute atomic E-state index is 11.4. The third kappa shape index (κ3) is 2.14. The Morgan fingerprint density at radius 1 is 1.53 bits per heavy atom. The number of carbonyl (C=O) groups excluding carboxylic acids is 1. The maximum atomic E-state index is 11.4. The fraction of sp³-hybridized carbons (Fsp3) is 0.364. The van der Waals surface area contributed by atoms with Gasteiger partial charge in [0, 0.05) is 17.0 Å². The Morgan fingerprint density at radius 3 is 2.76 bits per heavy atom. The molecule has 1 aliphatic carbocycles. The summed E-state index contributed by atoms with van der Waals surface area (Å²) in [5.74, 6) is -0.344. The number of amides is 1. The van der Waals surface area contributed by atoms with Crippen molar-refractivity contribution in [3.05, 3.63) is 21.6 Å². The molecule has 2 rings (SSSR count). The van der Waals surface area contributed by atoms with Crippen molar-refractivity contribution in [1.82, 2.24) is 0 Å². The predicted octanol–water partition coefficient (Wildman–Crippen LogP) is 2.11. The zero-order valence-electron chi connectivity index (χ0n) is 9.45. The van der Waals surface area contributed by atoms with Crippen LogP contribution in [0.3, 0.4) is 0 Å². The quantitative estimate of drug-likeness (QED) is 0.589. The Hall–Kier alpha value is -0.430. The van der Waals surface area contributed by atoms with Crippen LogP contribution in [0.15, 0.2) is 9.78 Å². The second-order valence-electron chi connectivity index (χ2n) is 3.80. The molecule has 1 aromatic heterocycles. The minimum Gasteiger partial charge on any atom is -0.365 e. The Labute approximate surface area is 114 Å². The Balaban J connectivity index is 2.65. The summed E-state index contributed by atoms with van der Waals surface area (Å²) in [5.41, 5.74) is 14.4. The number of hydrogen-bond acceptors (Lipinski definition) is 5. The maximum Gasteiger partial charge on any atom is 0.259 e. The molecule has 0 aliphatic heterocycles. The van der Waals surface area contributed by atoms with Crippen molar-refractivity contribution < 1.29 is 4.79 Å². The first-order valence-corrected chi connectivity index (χ1v) is 7.69. The van der Waals surface area contributed by atoms with E-state index in [1.54, 1.807) is 11.8 Å². The molecule has 0 radical (unpaired) electrons. The van der Waals surface area contributed by atoms with Crippen LogP contribution < -0.4 is 11.5 Å². The monoisotopic (exact) mass is 286 g/mol. The van der Waals surface area contributed by atoms with Crippen molar-refractivity contribution in [3.63, 3.8) is 0 Å². The lowest BCUT2D eigenvalue weighted by Crippen LogP contribution is -2.15. The summed E-state index contributed by atoms with van der Waals surface area (Å²) in [6.07, 6.45) is 3.70. The van der Waals surface area contributed by atoms with E-state index < -0.39 is 0 Å². The number of thioether (sulfide) groups is 1. The molecule has 0 atom stereocenters. The van der Waals surface area contributed by atoms with Crippen LogP contribution in [0.25, 0.3) is 4.91 Å². The summed E-state index contributed by atoms with van der Waals surface area (Å²) < 4.78 is 1.10. The van der Waals surface area contributed by atoms with Gasteiger partial charge in [0.2, 0.25) is 0 Å². The SMILES string of the molecule is CSc1sc(C(N)=O)c2c1C(S)=C(CN)CC2. The van der Waals surface area contributed by atoms with E-state index in [1.807, 2.05) is 6.26 Å². The van der Waals surface area contributed by atoms with Crippen LogP contribution in [0.4, 0.5) is 0 Å². The van der Waals surface area contributed by atoms with E-state index >= 15 is 0 Å². The van der Waals surface area contributed by atoms with Gasteiger partial charge in [0.1, 0.15) is 0 Å². The fourth-order valence-corrected chi connectivity index (χ4v) is 4.59. The van der Waals surface area contributed by atoms with Gasteiger partial charge in [-0.3, -0.25) is 4.79 Å². The molecule has 0 saturated heterocycles. The second-order valence-corrected chi connectivity index (χ2v) is 6.34. The van der Waals surface area contributed by atoms with E-state index in [0.29, 0.717) is 11.4 Å². The largest absolute Gasteiger partial charge is 0.365 e. The molecule has 17 heavy (non-hydrogen) atoms. The molecule has 1 aromatic rings. The summed E-state index contributed by atoms with van der Waals surface area (Å²) >= 11 is 7.65. The van der Waals surface area contributed by atoms with Gasteiger partial charge in [0.25, 0.3) is 5.91 Å². The molecule has 1 amide bonds. The summed E-state index contributed by atoms with van der Waals surface area (Å²) in [7, 11) is 0. The number of rotatable bonds is 3. The molecule has 1 aliphatic rings. The van der Waals surface area contributed by atoms with E-state index in [4.69, 9.17) is 11.5 Å². The minimum atomic E-state index is -0.344. The number of fused-ring (bicyclic) bond motifs is 1. The lowest BCUT2D eigenvalue weighted by Gasteiger charge is -2.18. The van der Waals surface area contributed by atoms with Crippen LogP contribution >= 0.6 is 35.7 Å². The van der Waals surface area contributed by atoms with Crippen molar-refractivity contribution >= 4 is 46.5 Å². The van der Waals surface area contributed by atoms with E-state index in [-0.39, 0.29) is 5.91 Å². The minimum absolute atomic E-state index is 0.344. The lowest BCUT2D eigenvalue weighted by molar-refractivity contribution is 0.100. The first-order chi connectivity index (χ1) is 8.10. The first-order valence-electron chi connectivity index (χ1n) is 5.21. The standard InChI is InChI=1S/C11H14N2OS3/c1-16-11-7-6(9(17-11)10(13)14)3-2-5(4-12)8(7)15/h15H,2-4,12H2,1H3,(H2,13,14). The van der Waals surface area contributed by atoms with Crippen LogP contribution in [0.2, 0.25) is 0 Å². The van der Waals surface area contributed by atoms with Crippen LogP contribution in [-0.4, -0.2) is 18.7 Å². The summed E-state index contributed by atoms with van der Waals surface area (Å²) in [4.78, 5) is 13.0. The Kier molecular flexibility index (Phi) is 3.87. The van der Waals surface area contributed by atoms with Gasteiger partial charge in [0.15, 0.2) is 0 Å². The van der Waals surface area contributed by atoms with E-state index in [0.717, 1.165) is 38.7 Å². The van der Waals surface area contributed by atoms with Gasteiger partial charge in [-0.1, -0.05) is 0 Å². The smallest absolute Gasteiger partial charge is 0.259 e. The molecule has 6 heteroatoms. The molecule has 4 N–H and O–H groups in total. The van der Waals surface area contributed by atoms with Crippen LogP contribution in [-0.2, 0) is 6.42 Å². The number of carbonyl (C=O) groups is 1. The highest BCUT2D eigenvalue weighted by Crippen LogP contribution is 2.45. The lowest BCUT2D eigenvalue weighted by atomic mass is 9.93. The zero-order chi connectivity index (χ0) is 12.6. The van der Waals surface area contributed by atoms with Gasteiger partial charge in [-0.25, -0.2) is 0 Å². The van der Waals surface area contributed by atoms with Crippen LogP contribution in [0, 0.1) is 0 Å². The summed E-state index contributed by atoms with van der Waals surface area (Å²) in [6.45, 7) is 0.522. The molecule has 3 nitrogen and oxygen atoms in total. The molecule has 0 bridgehead atoms. The summed E-state index contributed by atoms with van der Waals surface area (Å²) in [6, 6.07) is 0. The van der Waals surface area contributed by atoms with E-state index in [1.165, 1.54) is 11.3 Å². The molecular formula is C11H14N2OS3. The molecule has 0 saturated carbocycles. The third-order valence-electron chi connectivity index (χ3n) is 2.88. The number of primary amides is 1. The van der Waals surface area contributed by atoms with Gasteiger partial charge in [-0.15, -0.1) is 35.7 Å². The molecular weight excluding hydrogens is 272 g/mol. The second kappa shape index (κ2) is 5.06. The van der Waals surface area contributed by atoms with Crippen molar-refractivity contribution in [2.45, 2.75) is 17.1 Å². The normalized spacial score (nSPS) is 15.0. The molecule has 0 aromatic carbocycles. The number of thiol groups is 1. The highest BCUT2D eigenvalue weighted by atomic mass is 32.2. The molecule has 0 unspecified atom stereocenters. The van der Waals surface area contributed by atoms with E-state index in [2.05, 4.69) is 12.6 Å². The van der Waals surface area contributed by atoms with Gasteiger partial charge in [-0.05, 0) is 30.2 Å². The van der Waals surface area contributed by atoms with Crippen LogP contribution in [0.1, 0.15) is 27.2 Å². The number of thiophene rings is 1. The van der Waals surface area contributed by atoms with Crippen molar-refractivity contribution in [3.8, 4) is 0 Å². The van der Waals surface area contributed by atoms with Crippen molar-refractivity contribution in [1.29, 1.82) is 0 Å². The summed E-state index contributed by atoms with van der Waals surface area (Å²) in [5, 5.41) is 0.